The van der Waals surface area contributed by atoms with Crippen molar-refractivity contribution in [3.8, 4) is 0 Å². The van der Waals surface area contributed by atoms with Crippen LogP contribution in [0.2, 0.25) is 0 Å². The lowest BCUT2D eigenvalue weighted by Crippen LogP contribution is -2.24. The largest absolute Gasteiger partial charge is 0.241 e. The summed E-state index contributed by atoms with van der Waals surface area (Å²) in [6, 6.07) is 3.98. The third-order valence-electron chi connectivity index (χ3n) is 1.54. The van der Waals surface area contributed by atoms with E-state index in [1.54, 1.807) is 29.5 Å². The highest BCUT2D eigenvalue weighted by atomic mass is 127. The molecule has 1 rings (SSSR count). The van der Waals surface area contributed by atoms with Crippen molar-refractivity contribution in [1.82, 2.24) is 4.72 Å². The smallest absolute Gasteiger partial charge is 0.211 e. The van der Waals surface area contributed by atoms with Crippen molar-refractivity contribution in [2.45, 2.75) is 11.8 Å². The van der Waals surface area contributed by atoms with Crippen molar-refractivity contribution < 1.29 is 12.8 Å². The van der Waals surface area contributed by atoms with Crippen LogP contribution in [-0.2, 0) is 10.0 Å². The molecule has 0 saturated heterocycles. The van der Waals surface area contributed by atoms with Crippen molar-refractivity contribution in [2.24, 2.45) is 0 Å². The minimum absolute atomic E-state index is 0.0139. The molecule has 0 heterocycles. The lowest BCUT2D eigenvalue weighted by molar-refractivity contribution is 0.577. The summed E-state index contributed by atoms with van der Waals surface area (Å²) in [5.41, 5.74) is 0. The molecule has 0 aliphatic rings. The standard InChI is InChI=1S/C8H9FINO2S/c1-2-11-14(12,13)7-5-3-4-6(9)8(7)10/h3-5,11H,2H2,1H3. The second-order valence-electron chi connectivity index (χ2n) is 2.55. The molecule has 0 aliphatic carbocycles. The minimum atomic E-state index is -3.56. The van der Waals surface area contributed by atoms with Gasteiger partial charge in [0.05, 0.1) is 8.47 Å². The number of rotatable bonds is 3. The van der Waals surface area contributed by atoms with Gasteiger partial charge in [-0.25, -0.2) is 17.5 Å². The zero-order valence-corrected chi connectivity index (χ0v) is 10.4. The monoisotopic (exact) mass is 329 g/mol. The molecule has 0 saturated carbocycles. The first kappa shape index (κ1) is 11.9. The number of halogens is 2. The van der Waals surface area contributed by atoms with E-state index in [-0.39, 0.29) is 15.0 Å². The van der Waals surface area contributed by atoms with Crippen LogP contribution in [0.5, 0.6) is 0 Å². The quantitative estimate of drug-likeness (QED) is 0.859. The zero-order chi connectivity index (χ0) is 10.8. The fraction of sp³-hybridized carbons (Fsp3) is 0.250. The van der Waals surface area contributed by atoms with Crippen molar-refractivity contribution >= 4 is 32.6 Å². The molecule has 1 aromatic carbocycles. The first-order chi connectivity index (χ1) is 6.49. The number of hydrogen-bond donors (Lipinski definition) is 1. The van der Waals surface area contributed by atoms with Crippen LogP contribution in [0.25, 0.3) is 0 Å². The van der Waals surface area contributed by atoms with E-state index in [9.17, 15) is 12.8 Å². The van der Waals surface area contributed by atoms with Crippen LogP contribution in [-0.4, -0.2) is 15.0 Å². The molecular weight excluding hydrogens is 320 g/mol. The van der Waals surface area contributed by atoms with Gasteiger partial charge < -0.3 is 0 Å². The molecule has 1 aromatic rings. The van der Waals surface area contributed by atoms with Crippen LogP contribution >= 0.6 is 22.6 Å². The fourth-order valence-electron chi connectivity index (χ4n) is 0.959. The first-order valence-corrected chi connectivity index (χ1v) is 6.49. The Hall–Kier alpha value is -0.210. The predicted octanol–water partition coefficient (Wildman–Crippen LogP) is 1.73. The maximum Gasteiger partial charge on any atom is 0.241 e. The molecule has 78 valence electrons. The van der Waals surface area contributed by atoms with E-state index < -0.39 is 15.8 Å². The molecule has 0 aromatic heterocycles. The summed E-state index contributed by atoms with van der Waals surface area (Å²) >= 11 is 1.68. The topological polar surface area (TPSA) is 46.2 Å². The van der Waals surface area contributed by atoms with Crippen molar-refractivity contribution in [3.63, 3.8) is 0 Å². The van der Waals surface area contributed by atoms with Gasteiger partial charge >= 0.3 is 0 Å². The van der Waals surface area contributed by atoms with Gasteiger partial charge in [0, 0.05) is 6.54 Å². The van der Waals surface area contributed by atoms with Crippen LogP contribution in [0.1, 0.15) is 6.92 Å². The minimum Gasteiger partial charge on any atom is -0.211 e. The highest BCUT2D eigenvalue weighted by Crippen LogP contribution is 2.20. The normalized spacial score (nSPS) is 11.6. The van der Waals surface area contributed by atoms with Crippen molar-refractivity contribution in [2.75, 3.05) is 6.54 Å². The summed E-state index contributed by atoms with van der Waals surface area (Å²) in [5, 5.41) is 0. The Labute approximate surface area is 95.9 Å². The molecule has 0 radical (unpaired) electrons. The average Bonchev–Trinajstić information content (AvgIpc) is 2.09. The van der Waals surface area contributed by atoms with Gasteiger partial charge in [0.25, 0.3) is 0 Å². The van der Waals surface area contributed by atoms with Gasteiger partial charge in [0.2, 0.25) is 10.0 Å². The average molecular weight is 329 g/mol. The molecule has 0 amide bonds. The Morgan fingerprint density at radius 3 is 2.71 bits per heavy atom. The first-order valence-electron chi connectivity index (χ1n) is 3.92. The number of sulfonamides is 1. The second-order valence-corrected chi connectivity index (χ2v) is 5.37. The van der Waals surface area contributed by atoms with Crippen LogP contribution < -0.4 is 4.72 Å². The van der Waals surface area contributed by atoms with E-state index in [1.165, 1.54) is 18.2 Å². The van der Waals surface area contributed by atoms with Gasteiger partial charge in [-0.2, -0.15) is 0 Å². The Kier molecular flexibility index (Phi) is 3.85. The van der Waals surface area contributed by atoms with Crippen LogP contribution in [0.15, 0.2) is 23.1 Å². The Morgan fingerprint density at radius 1 is 1.50 bits per heavy atom. The Morgan fingerprint density at radius 2 is 2.14 bits per heavy atom. The second kappa shape index (κ2) is 4.54. The van der Waals surface area contributed by atoms with Crippen LogP contribution in [0, 0.1) is 9.39 Å². The van der Waals surface area contributed by atoms with Gasteiger partial charge in [-0.1, -0.05) is 13.0 Å². The highest BCUT2D eigenvalue weighted by molar-refractivity contribution is 14.1. The van der Waals surface area contributed by atoms with Crippen molar-refractivity contribution in [3.05, 3.63) is 27.6 Å². The summed E-state index contributed by atoms with van der Waals surface area (Å²) in [5.74, 6) is -0.524. The van der Waals surface area contributed by atoms with Gasteiger partial charge in [0.1, 0.15) is 5.82 Å². The Balaban J connectivity index is 3.27. The lowest BCUT2D eigenvalue weighted by Gasteiger charge is -2.06. The summed E-state index contributed by atoms with van der Waals surface area (Å²) in [7, 11) is -3.56. The number of hydrogen-bond acceptors (Lipinski definition) is 2. The predicted molar refractivity (Wildman–Crippen MR) is 60.0 cm³/mol. The fourth-order valence-corrected chi connectivity index (χ4v) is 3.32. The Bertz CT molecular complexity index is 433. The summed E-state index contributed by atoms with van der Waals surface area (Å²) in [6.07, 6.45) is 0. The van der Waals surface area contributed by atoms with Crippen LogP contribution in [0.3, 0.4) is 0 Å². The third-order valence-corrected chi connectivity index (χ3v) is 4.59. The van der Waals surface area contributed by atoms with E-state index in [0.717, 1.165) is 0 Å². The molecule has 0 atom stereocenters. The van der Waals surface area contributed by atoms with Gasteiger partial charge in [-0.3, -0.25) is 0 Å². The third kappa shape index (κ3) is 2.43. The summed E-state index contributed by atoms with van der Waals surface area (Å²) in [4.78, 5) is -0.0139. The van der Waals surface area contributed by atoms with E-state index in [0.29, 0.717) is 0 Å². The van der Waals surface area contributed by atoms with Crippen molar-refractivity contribution in [1.29, 1.82) is 0 Å². The summed E-state index contributed by atoms with van der Waals surface area (Å²) in [6.45, 7) is 1.96. The van der Waals surface area contributed by atoms with E-state index >= 15 is 0 Å². The van der Waals surface area contributed by atoms with E-state index in [2.05, 4.69) is 4.72 Å². The molecule has 6 heteroatoms. The maximum atomic E-state index is 13.1. The maximum absolute atomic E-state index is 13.1. The molecule has 1 N–H and O–H groups in total. The molecule has 0 unspecified atom stereocenters. The van der Waals surface area contributed by atoms with Gasteiger partial charge in [0.15, 0.2) is 0 Å². The molecular formula is C8H9FINO2S. The van der Waals surface area contributed by atoms with Gasteiger partial charge in [-0.15, -0.1) is 0 Å². The van der Waals surface area contributed by atoms with E-state index in [1.807, 2.05) is 0 Å². The number of nitrogens with one attached hydrogen (secondary N) is 1. The van der Waals surface area contributed by atoms with Crippen LogP contribution in [0.4, 0.5) is 4.39 Å². The van der Waals surface area contributed by atoms with Gasteiger partial charge in [-0.05, 0) is 34.7 Å². The molecule has 14 heavy (non-hydrogen) atoms. The lowest BCUT2D eigenvalue weighted by atomic mass is 10.3. The summed E-state index contributed by atoms with van der Waals surface area (Å²) < 4.78 is 38.5. The molecule has 3 nitrogen and oxygen atoms in total. The zero-order valence-electron chi connectivity index (χ0n) is 7.42. The molecule has 0 spiro atoms. The SMILES string of the molecule is CCNS(=O)(=O)c1cccc(F)c1I. The highest BCUT2D eigenvalue weighted by Gasteiger charge is 2.18. The molecule has 0 bridgehead atoms. The molecule has 0 fully saturated rings. The molecule has 0 aliphatic heterocycles. The van der Waals surface area contributed by atoms with E-state index in [4.69, 9.17) is 0 Å². The number of benzene rings is 1.